The van der Waals surface area contributed by atoms with Crippen LogP contribution in [-0.4, -0.2) is 31.0 Å². The summed E-state index contributed by atoms with van der Waals surface area (Å²) in [6.07, 6.45) is 5.36. The van der Waals surface area contributed by atoms with Crippen LogP contribution in [0.15, 0.2) is 42.9 Å². The molecule has 3 rings (SSSR count). The Hall–Kier alpha value is -3.35. The second-order valence-electron chi connectivity index (χ2n) is 6.02. The molecule has 0 radical (unpaired) electrons. The van der Waals surface area contributed by atoms with E-state index >= 15 is 0 Å². The van der Waals surface area contributed by atoms with Crippen molar-refractivity contribution in [1.82, 2.24) is 19.9 Å². The molecule has 0 saturated carbocycles. The first-order valence-corrected chi connectivity index (χ1v) is 8.21. The smallest absolute Gasteiger partial charge is 0.303 e. The van der Waals surface area contributed by atoms with Crippen molar-refractivity contribution in [2.45, 2.75) is 26.7 Å². The number of rotatable bonds is 6. The molecule has 0 aliphatic heterocycles. The molecule has 0 aliphatic carbocycles. The lowest BCUT2D eigenvalue weighted by atomic mass is 10.1. The number of aromatic nitrogens is 4. The topological polar surface area (TPSA) is 101 Å². The van der Waals surface area contributed by atoms with Crippen molar-refractivity contribution in [3.63, 3.8) is 0 Å². The fourth-order valence-corrected chi connectivity index (χ4v) is 2.54. The predicted molar refractivity (Wildman–Crippen MR) is 98.2 cm³/mol. The number of carboxylic acids is 1. The first kappa shape index (κ1) is 17.5. The van der Waals surface area contributed by atoms with Gasteiger partial charge in [-0.3, -0.25) is 9.78 Å². The van der Waals surface area contributed by atoms with Crippen molar-refractivity contribution in [2.24, 2.45) is 0 Å². The molecule has 7 nitrogen and oxygen atoms in total. The summed E-state index contributed by atoms with van der Waals surface area (Å²) in [6, 6.07) is 7.79. The highest BCUT2D eigenvalue weighted by Gasteiger charge is 2.07. The molecule has 0 bridgehead atoms. The lowest BCUT2D eigenvalue weighted by Gasteiger charge is -2.10. The molecular formula is C19H19N5O2. The molecule has 1 aromatic carbocycles. The van der Waals surface area contributed by atoms with Crippen molar-refractivity contribution in [3.8, 4) is 11.3 Å². The Kier molecular flexibility index (Phi) is 5.17. The number of anilines is 2. The van der Waals surface area contributed by atoms with E-state index in [2.05, 4.69) is 25.3 Å². The maximum atomic E-state index is 10.7. The Morgan fingerprint density at radius 3 is 2.77 bits per heavy atom. The van der Waals surface area contributed by atoms with E-state index in [0.29, 0.717) is 23.8 Å². The summed E-state index contributed by atoms with van der Waals surface area (Å²) >= 11 is 0. The van der Waals surface area contributed by atoms with Crippen LogP contribution in [-0.2, 0) is 11.2 Å². The van der Waals surface area contributed by atoms with E-state index in [4.69, 9.17) is 5.11 Å². The second kappa shape index (κ2) is 7.69. The van der Waals surface area contributed by atoms with Crippen LogP contribution in [0.25, 0.3) is 11.3 Å². The van der Waals surface area contributed by atoms with E-state index in [1.165, 1.54) is 0 Å². The minimum Gasteiger partial charge on any atom is -0.481 e. The summed E-state index contributed by atoms with van der Waals surface area (Å²) in [4.78, 5) is 28.0. The number of nitrogens with one attached hydrogen (secondary N) is 1. The van der Waals surface area contributed by atoms with Crippen LogP contribution in [0.1, 0.15) is 23.4 Å². The van der Waals surface area contributed by atoms with Crippen molar-refractivity contribution in [3.05, 3.63) is 59.8 Å². The van der Waals surface area contributed by atoms with Crippen LogP contribution in [0.3, 0.4) is 0 Å². The first-order chi connectivity index (χ1) is 12.5. The lowest BCUT2D eigenvalue weighted by Crippen LogP contribution is -2.01. The number of carboxylic acid groups (broad SMARTS) is 1. The van der Waals surface area contributed by atoms with Crippen LogP contribution < -0.4 is 5.32 Å². The highest BCUT2D eigenvalue weighted by molar-refractivity contribution is 5.69. The van der Waals surface area contributed by atoms with Gasteiger partial charge in [-0.25, -0.2) is 15.0 Å². The molecule has 0 fully saturated rings. The van der Waals surface area contributed by atoms with Crippen molar-refractivity contribution in [1.29, 1.82) is 0 Å². The molecular weight excluding hydrogens is 330 g/mol. The van der Waals surface area contributed by atoms with Gasteiger partial charge in [-0.1, -0.05) is 0 Å². The Morgan fingerprint density at radius 2 is 2.00 bits per heavy atom. The van der Waals surface area contributed by atoms with Crippen molar-refractivity contribution in [2.75, 3.05) is 5.32 Å². The van der Waals surface area contributed by atoms with Crippen molar-refractivity contribution < 1.29 is 9.90 Å². The molecule has 0 unspecified atom stereocenters. The number of aryl methyl sites for hydroxylation is 3. The molecule has 2 N–H and O–H groups in total. The molecule has 3 aromatic rings. The summed E-state index contributed by atoms with van der Waals surface area (Å²) in [6.45, 7) is 3.90. The van der Waals surface area contributed by atoms with Crippen LogP contribution in [0.5, 0.6) is 0 Å². The minimum atomic E-state index is -0.850. The van der Waals surface area contributed by atoms with Gasteiger partial charge in [0.1, 0.15) is 0 Å². The Balaban J connectivity index is 1.87. The summed E-state index contributed by atoms with van der Waals surface area (Å²) in [5.41, 5.74) is 5.03. The molecule has 0 spiro atoms. The zero-order chi connectivity index (χ0) is 18.5. The quantitative estimate of drug-likeness (QED) is 0.704. The van der Waals surface area contributed by atoms with Gasteiger partial charge in [0, 0.05) is 35.8 Å². The van der Waals surface area contributed by atoms with Crippen LogP contribution >= 0.6 is 0 Å². The third kappa shape index (κ3) is 4.60. The molecule has 0 saturated heterocycles. The highest BCUT2D eigenvalue weighted by atomic mass is 16.4. The molecule has 2 aromatic heterocycles. The fraction of sp³-hybridized carbons (Fsp3) is 0.211. The Labute approximate surface area is 151 Å². The van der Waals surface area contributed by atoms with E-state index in [1.807, 2.05) is 38.1 Å². The van der Waals surface area contributed by atoms with Gasteiger partial charge < -0.3 is 10.4 Å². The predicted octanol–water partition coefficient (Wildman–Crippen LogP) is 3.31. The fourth-order valence-electron chi connectivity index (χ4n) is 2.54. The minimum absolute atomic E-state index is 0.0312. The SMILES string of the molecule is Cc1cc(Nc2nccc(C)n2)cc(-c2cncc(CCC(=O)O)n2)c1. The largest absolute Gasteiger partial charge is 0.481 e. The molecule has 132 valence electrons. The number of hydrogen-bond acceptors (Lipinski definition) is 6. The normalized spacial score (nSPS) is 10.5. The zero-order valence-electron chi connectivity index (χ0n) is 14.6. The van der Waals surface area contributed by atoms with E-state index in [9.17, 15) is 4.79 Å². The average molecular weight is 349 g/mol. The number of carbonyl (C=O) groups is 1. The van der Waals surface area contributed by atoms with Gasteiger partial charge in [0.05, 0.1) is 24.0 Å². The summed E-state index contributed by atoms with van der Waals surface area (Å²) < 4.78 is 0. The Bertz CT molecular complexity index is 943. The first-order valence-electron chi connectivity index (χ1n) is 8.21. The number of benzene rings is 1. The summed E-state index contributed by atoms with van der Waals surface area (Å²) in [5.74, 6) is -0.319. The van der Waals surface area contributed by atoms with Crippen LogP contribution in [0.2, 0.25) is 0 Å². The summed E-state index contributed by atoms with van der Waals surface area (Å²) in [7, 11) is 0. The van der Waals surface area contributed by atoms with E-state index in [-0.39, 0.29) is 6.42 Å². The standard InChI is InChI=1S/C19H19N5O2/c1-12-7-14(17-11-20-10-15(23-17)3-4-18(25)26)9-16(8-12)24-19-21-6-5-13(2)22-19/h5-11H,3-4H2,1-2H3,(H,25,26)(H,21,22,24). The molecule has 2 heterocycles. The zero-order valence-corrected chi connectivity index (χ0v) is 14.6. The van der Waals surface area contributed by atoms with Gasteiger partial charge in [0.2, 0.25) is 5.95 Å². The maximum absolute atomic E-state index is 10.7. The van der Waals surface area contributed by atoms with Gasteiger partial charge in [-0.2, -0.15) is 0 Å². The number of hydrogen-bond donors (Lipinski definition) is 2. The van der Waals surface area contributed by atoms with Gasteiger partial charge in [0.15, 0.2) is 0 Å². The highest BCUT2D eigenvalue weighted by Crippen LogP contribution is 2.24. The molecule has 0 amide bonds. The second-order valence-corrected chi connectivity index (χ2v) is 6.02. The molecule has 26 heavy (non-hydrogen) atoms. The van der Waals surface area contributed by atoms with Crippen LogP contribution in [0.4, 0.5) is 11.6 Å². The number of nitrogens with zero attached hydrogens (tertiary/aromatic N) is 4. The van der Waals surface area contributed by atoms with Crippen molar-refractivity contribution >= 4 is 17.6 Å². The molecule has 0 aliphatic rings. The number of aliphatic carboxylic acids is 1. The van der Waals surface area contributed by atoms with E-state index in [1.54, 1.807) is 18.6 Å². The molecule has 7 heteroatoms. The molecule has 0 atom stereocenters. The van der Waals surface area contributed by atoms with Gasteiger partial charge in [-0.15, -0.1) is 0 Å². The lowest BCUT2D eigenvalue weighted by molar-refractivity contribution is -0.136. The van der Waals surface area contributed by atoms with E-state index < -0.39 is 5.97 Å². The average Bonchev–Trinajstić information content (AvgIpc) is 2.60. The Morgan fingerprint density at radius 1 is 1.15 bits per heavy atom. The van der Waals surface area contributed by atoms with Gasteiger partial charge in [0.25, 0.3) is 0 Å². The van der Waals surface area contributed by atoms with Crippen LogP contribution in [0, 0.1) is 13.8 Å². The third-order valence-corrected chi connectivity index (χ3v) is 3.70. The monoisotopic (exact) mass is 349 g/mol. The van der Waals surface area contributed by atoms with E-state index in [0.717, 1.165) is 22.5 Å². The van der Waals surface area contributed by atoms with Gasteiger partial charge in [-0.05, 0) is 43.7 Å². The third-order valence-electron chi connectivity index (χ3n) is 3.70. The van der Waals surface area contributed by atoms with Gasteiger partial charge >= 0.3 is 5.97 Å². The summed E-state index contributed by atoms with van der Waals surface area (Å²) in [5, 5.41) is 12.0. The maximum Gasteiger partial charge on any atom is 0.303 e.